The van der Waals surface area contributed by atoms with Gasteiger partial charge in [-0.05, 0) is 40.7 Å². The summed E-state index contributed by atoms with van der Waals surface area (Å²) in [6, 6.07) is 3.26. The van der Waals surface area contributed by atoms with Gasteiger partial charge < -0.3 is 16.2 Å². The minimum absolute atomic E-state index is 0.0571. The van der Waals surface area contributed by atoms with Crippen molar-refractivity contribution >= 4 is 41.1 Å². The fraction of sp³-hybridized carbons (Fsp3) is 0.471. The predicted molar refractivity (Wildman–Crippen MR) is 100 cm³/mol. The van der Waals surface area contributed by atoms with Gasteiger partial charge in [-0.25, -0.2) is 4.79 Å². The summed E-state index contributed by atoms with van der Waals surface area (Å²) >= 11 is 12.3. The lowest BCUT2D eigenvalue weighted by atomic mass is 9.96. The number of nitrogens with two attached hydrogens (primary N) is 1. The van der Waals surface area contributed by atoms with E-state index in [1.165, 1.54) is 26.0 Å². The number of carbonyl (C=O) groups is 3. The maximum absolute atomic E-state index is 13.0. The number of hydrogen-bond donors (Lipinski definition) is 3. The van der Waals surface area contributed by atoms with Crippen molar-refractivity contribution in [2.24, 2.45) is 5.73 Å². The van der Waals surface area contributed by atoms with Gasteiger partial charge in [0.15, 0.2) is 0 Å². The number of nitrogens with one attached hydrogen (secondary N) is 1. The average Bonchev–Trinajstić information content (AvgIpc) is 2.45. The number of carbonyl (C=O) groups excluding carboxylic acids is 2. The van der Waals surface area contributed by atoms with Crippen molar-refractivity contribution in [1.29, 1.82) is 0 Å². The van der Waals surface area contributed by atoms with Crippen molar-refractivity contribution in [3.05, 3.63) is 33.8 Å². The van der Waals surface area contributed by atoms with Gasteiger partial charge in [0.2, 0.25) is 11.8 Å². The molecule has 0 spiro atoms. The van der Waals surface area contributed by atoms with E-state index in [-0.39, 0.29) is 15.6 Å². The lowest BCUT2D eigenvalue weighted by Gasteiger charge is -2.40. The summed E-state index contributed by atoms with van der Waals surface area (Å²) in [6.45, 7) is 7.76. The molecule has 0 heterocycles. The second kappa shape index (κ2) is 7.72. The van der Waals surface area contributed by atoms with E-state index >= 15 is 0 Å². The number of halogens is 2. The summed E-state index contributed by atoms with van der Waals surface area (Å²) in [4.78, 5) is 37.5. The maximum atomic E-state index is 13.0. The Morgan fingerprint density at radius 1 is 1.15 bits per heavy atom. The van der Waals surface area contributed by atoms with Crippen LogP contribution in [0.25, 0.3) is 0 Å². The first kappa shape index (κ1) is 22.1. The van der Waals surface area contributed by atoms with E-state index < -0.39 is 35.0 Å². The quantitative estimate of drug-likeness (QED) is 0.700. The molecule has 3 amide bonds. The van der Waals surface area contributed by atoms with Gasteiger partial charge in [0, 0.05) is 11.1 Å². The summed E-state index contributed by atoms with van der Waals surface area (Å²) in [6.07, 6.45) is -1.33. The molecule has 0 aliphatic heterocycles. The van der Waals surface area contributed by atoms with E-state index in [2.05, 4.69) is 5.32 Å². The number of benzene rings is 1. The van der Waals surface area contributed by atoms with Crippen molar-refractivity contribution in [3.63, 3.8) is 0 Å². The van der Waals surface area contributed by atoms with Gasteiger partial charge in [-0.15, -0.1) is 0 Å². The number of carboxylic acid groups (broad SMARTS) is 1. The molecule has 4 N–H and O–H groups in total. The van der Waals surface area contributed by atoms with Crippen LogP contribution in [0.3, 0.4) is 0 Å². The first-order valence-electron chi connectivity index (χ1n) is 7.78. The highest BCUT2D eigenvalue weighted by Crippen LogP contribution is 2.36. The third-order valence-electron chi connectivity index (χ3n) is 3.76. The van der Waals surface area contributed by atoms with Gasteiger partial charge >= 0.3 is 6.09 Å². The second-order valence-corrected chi connectivity index (χ2v) is 8.13. The number of rotatable bonds is 5. The zero-order chi connectivity index (χ0) is 20.4. The molecule has 0 saturated heterocycles. The summed E-state index contributed by atoms with van der Waals surface area (Å²) in [5.41, 5.74) is 3.17. The summed E-state index contributed by atoms with van der Waals surface area (Å²) < 4.78 is 0. The van der Waals surface area contributed by atoms with Gasteiger partial charge in [0.25, 0.3) is 0 Å². The monoisotopic (exact) mass is 403 g/mol. The SMILES string of the molecule is CC(C)(NC(=O)C(c1cccc(Cl)c1Cl)N(C(=O)O)C(C)(C)C)C(N)=O. The molecule has 0 aromatic heterocycles. The Morgan fingerprint density at radius 3 is 2.12 bits per heavy atom. The lowest BCUT2D eigenvalue weighted by molar-refractivity contribution is -0.134. The van der Waals surface area contributed by atoms with E-state index in [0.29, 0.717) is 0 Å². The van der Waals surface area contributed by atoms with Gasteiger partial charge in [-0.1, -0.05) is 35.3 Å². The van der Waals surface area contributed by atoms with Gasteiger partial charge in [0.05, 0.1) is 10.0 Å². The highest BCUT2D eigenvalue weighted by molar-refractivity contribution is 6.42. The molecule has 1 aromatic carbocycles. The van der Waals surface area contributed by atoms with Crippen molar-refractivity contribution in [3.8, 4) is 0 Å². The topological polar surface area (TPSA) is 113 Å². The van der Waals surface area contributed by atoms with Crippen LogP contribution in [0.5, 0.6) is 0 Å². The highest BCUT2D eigenvalue weighted by atomic mass is 35.5. The van der Waals surface area contributed by atoms with Crippen molar-refractivity contribution < 1.29 is 19.5 Å². The number of amides is 3. The van der Waals surface area contributed by atoms with E-state index in [1.807, 2.05) is 0 Å². The van der Waals surface area contributed by atoms with Gasteiger partial charge in [-0.3, -0.25) is 14.5 Å². The second-order valence-electron chi connectivity index (χ2n) is 7.35. The zero-order valence-corrected chi connectivity index (χ0v) is 16.8. The minimum Gasteiger partial charge on any atom is -0.465 e. The molecule has 144 valence electrons. The van der Waals surface area contributed by atoms with Crippen LogP contribution in [0.4, 0.5) is 4.79 Å². The number of primary amides is 1. The molecule has 1 atom stereocenters. The molecule has 0 fully saturated rings. The largest absolute Gasteiger partial charge is 0.465 e. The number of nitrogens with zero attached hydrogens (tertiary/aromatic N) is 1. The third-order valence-corrected chi connectivity index (χ3v) is 4.60. The fourth-order valence-electron chi connectivity index (χ4n) is 2.35. The smallest absolute Gasteiger partial charge is 0.408 e. The maximum Gasteiger partial charge on any atom is 0.408 e. The Balaban J connectivity index is 3.57. The Hall–Kier alpha value is -1.99. The highest BCUT2D eigenvalue weighted by Gasteiger charge is 2.42. The molecule has 1 rings (SSSR count). The van der Waals surface area contributed by atoms with Crippen LogP contribution in [-0.2, 0) is 9.59 Å². The molecule has 0 radical (unpaired) electrons. The zero-order valence-electron chi connectivity index (χ0n) is 15.3. The normalized spacial score (nSPS) is 13.0. The molecule has 7 nitrogen and oxygen atoms in total. The van der Waals surface area contributed by atoms with Crippen LogP contribution in [0, 0.1) is 0 Å². The van der Waals surface area contributed by atoms with E-state index in [0.717, 1.165) is 4.90 Å². The van der Waals surface area contributed by atoms with E-state index in [4.69, 9.17) is 28.9 Å². The first-order chi connectivity index (χ1) is 11.7. The van der Waals surface area contributed by atoms with Crippen LogP contribution in [-0.4, -0.2) is 39.0 Å². The van der Waals surface area contributed by atoms with Crippen LogP contribution in [0.2, 0.25) is 10.0 Å². The summed E-state index contributed by atoms with van der Waals surface area (Å²) in [5, 5.41) is 12.5. The molecule has 0 aliphatic carbocycles. The third kappa shape index (κ3) is 4.80. The molecular weight excluding hydrogens is 381 g/mol. The Labute approximate surface area is 162 Å². The van der Waals surface area contributed by atoms with Crippen LogP contribution < -0.4 is 11.1 Å². The lowest BCUT2D eigenvalue weighted by Crippen LogP contribution is -2.58. The molecule has 0 bridgehead atoms. The molecule has 0 saturated carbocycles. The summed E-state index contributed by atoms with van der Waals surface area (Å²) in [5.74, 6) is -1.50. The Morgan fingerprint density at radius 2 is 1.69 bits per heavy atom. The van der Waals surface area contributed by atoms with Gasteiger partial charge in [-0.2, -0.15) is 0 Å². The predicted octanol–water partition coefficient (Wildman–Crippen LogP) is 3.19. The molecule has 9 heteroatoms. The first-order valence-corrected chi connectivity index (χ1v) is 8.54. The van der Waals surface area contributed by atoms with Crippen molar-refractivity contribution in [2.45, 2.75) is 51.7 Å². The standard InChI is InChI=1S/C17H23Cl2N3O4/c1-16(2,3)22(15(25)26)12(9-7-6-8-10(18)11(9)19)13(23)21-17(4,5)14(20)24/h6-8,12H,1-5H3,(H2,20,24)(H,21,23)(H,25,26). The van der Waals surface area contributed by atoms with Crippen molar-refractivity contribution in [1.82, 2.24) is 10.2 Å². The average molecular weight is 404 g/mol. The van der Waals surface area contributed by atoms with Crippen LogP contribution in [0.15, 0.2) is 18.2 Å². The minimum atomic E-state index is -1.39. The molecule has 1 unspecified atom stereocenters. The Bertz CT molecular complexity index is 729. The van der Waals surface area contributed by atoms with Crippen LogP contribution >= 0.6 is 23.2 Å². The van der Waals surface area contributed by atoms with E-state index in [9.17, 15) is 19.5 Å². The van der Waals surface area contributed by atoms with Crippen molar-refractivity contribution in [2.75, 3.05) is 0 Å². The van der Waals surface area contributed by atoms with Crippen LogP contribution in [0.1, 0.15) is 46.2 Å². The summed E-state index contributed by atoms with van der Waals surface area (Å²) in [7, 11) is 0. The fourth-order valence-corrected chi connectivity index (χ4v) is 2.76. The number of hydrogen-bond acceptors (Lipinski definition) is 3. The molecule has 0 aliphatic rings. The van der Waals surface area contributed by atoms with Gasteiger partial charge in [0.1, 0.15) is 11.6 Å². The molecule has 26 heavy (non-hydrogen) atoms. The molecule has 1 aromatic rings. The van der Waals surface area contributed by atoms with E-state index in [1.54, 1.807) is 26.8 Å². The molecular formula is C17H23Cl2N3O4. The Kier molecular flexibility index (Phi) is 6.54.